The van der Waals surface area contributed by atoms with Gasteiger partial charge in [0.25, 0.3) is 0 Å². The largest absolute Gasteiger partial charge is 0.469 e. The van der Waals surface area contributed by atoms with E-state index in [1.165, 1.54) is 14.2 Å². The highest BCUT2D eigenvalue weighted by molar-refractivity contribution is 5.71. The number of esters is 1. The predicted molar refractivity (Wildman–Crippen MR) is 57.5 cm³/mol. The minimum absolute atomic E-state index is 0.0180. The van der Waals surface area contributed by atoms with E-state index in [1.54, 1.807) is 0 Å². The summed E-state index contributed by atoms with van der Waals surface area (Å²) in [5.74, 6) is -0.578. The molecule has 0 aliphatic carbocycles. The quantitative estimate of drug-likeness (QED) is 0.658. The van der Waals surface area contributed by atoms with Crippen molar-refractivity contribution in [3.05, 3.63) is 0 Å². The van der Waals surface area contributed by atoms with Crippen molar-refractivity contribution in [1.29, 1.82) is 0 Å². The monoisotopic (exact) mass is 287 g/mol. The third-order valence-electron chi connectivity index (χ3n) is 2.00. The Hall–Kier alpha value is -1.51. The summed E-state index contributed by atoms with van der Waals surface area (Å²) in [4.78, 5) is 23.3. The number of halogens is 3. The third kappa shape index (κ3) is 9.11. The lowest BCUT2D eigenvalue weighted by Gasteiger charge is -2.21. The van der Waals surface area contributed by atoms with Crippen molar-refractivity contribution in [3.63, 3.8) is 0 Å². The number of amides is 1. The van der Waals surface area contributed by atoms with Crippen molar-refractivity contribution in [2.75, 3.05) is 40.5 Å². The first-order chi connectivity index (χ1) is 8.80. The van der Waals surface area contributed by atoms with E-state index in [0.29, 0.717) is 0 Å². The molecule has 0 aliphatic rings. The molecule has 0 fully saturated rings. The Morgan fingerprint density at radius 1 is 1.16 bits per heavy atom. The molecule has 6 nitrogen and oxygen atoms in total. The number of carbonyl (C=O) groups excluding carboxylic acids is 2. The first-order valence-corrected chi connectivity index (χ1v) is 5.34. The number of ether oxygens (including phenoxy) is 3. The first kappa shape index (κ1) is 17.5. The Balaban J connectivity index is 4.30. The summed E-state index contributed by atoms with van der Waals surface area (Å²) in [6.07, 6.45) is -5.88. The molecule has 0 saturated carbocycles. The summed E-state index contributed by atoms with van der Waals surface area (Å²) >= 11 is 0. The number of alkyl halides is 3. The van der Waals surface area contributed by atoms with E-state index in [9.17, 15) is 22.8 Å². The van der Waals surface area contributed by atoms with Crippen LogP contribution in [0.2, 0.25) is 0 Å². The van der Waals surface area contributed by atoms with E-state index in [-0.39, 0.29) is 26.1 Å². The van der Waals surface area contributed by atoms with Crippen LogP contribution in [0.15, 0.2) is 0 Å². The maximum absolute atomic E-state index is 11.9. The van der Waals surface area contributed by atoms with Gasteiger partial charge in [-0.25, -0.2) is 4.79 Å². The normalized spacial score (nSPS) is 11.0. The minimum atomic E-state index is -4.59. The van der Waals surface area contributed by atoms with Gasteiger partial charge in [0.05, 0.1) is 20.1 Å². The van der Waals surface area contributed by atoms with Crippen LogP contribution in [0, 0.1) is 0 Å². The van der Waals surface area contributed by atoms with E-state index in [2.05, 4.69) is 9.47 Å². The van der Waals surface area contributed by atoms with Crippen LogP contribution < -0.4 is 0 Å². The maximum Gasteiger partial charge on any atom is 0.422 e. The van der Waals surface area contributed by atoms with Crippen molar-refractivity contribution in [3.8, 4) is 0 Å². The molecule has 0 N–H and O–H groups in total. The molecule has 0 spiro atoms. The van der Waals surface area contributed by atoms with E-state index >= 15 is 0 Å². The van der Waals surface area contributed by atoms with Gasteiger partial charge in [0.15, 0.2) is 6.61 Å². The summed E-state index contributed by atoms with van der Waals surface area (Å²) in [5.41, 5.74) is 0. The van der Waals surface area contributed by atoms with Crippen LogP contribution in [0.25, 0.3) is 0 Å². The molecule has 1 amide bonds. The second-order valence-corrected chi connectivity index (χ2v) is 3.48. The fourth-order valence-corrected chi connectivity index (χ4v) is 1.06. The van der Waals surface area contributed by atoms with Crippen molar-refractivity contribution in [2.45, 2.75) is 12.6 Å². The van der Waals surface area contributed by atoms with Crippen molar-refractivity contribution in [1.82, 2.24) is 4.90 Å². The van der Waals surface area contributed by atoms with Crippen molar-refractivity contribution in [2.24, 2.45) is 0 Å². The summed E-state index contributed by atoms with van der Waals surface area (Å²) in [7, 11) is 2.54. The zero-order valence-electron chi connectivity index (χ0n) is 10.7. The van der Waals surface area contributed by atoms with Gasteiger partial charge < -0.3 is 19.1 Å². The summed E-state index contributed by atoms with van der Waals surface area (Å²) in [6, 6.07) is 0. The molecule has 19 heavy (non-hydrogen) atoms. The average molecular weight is 287 g/mol. The van der Waals surface area contributed by atoms with E-state index in [4.69, 9.17) is 4.74 Å². The van der Waals surface area contributed by atoms with Crippen LogP contribution in [-0.2, 0) is 19.0 Å². The van der Waals surface area contributed by atoms with Crippen LogP contribution in [0.4, 0.5) is 18.0 Å². The van der Waals surface area contributed by atoms with E-state index < -0.39 is 24.8 Å². The van der Waals surface area contributed by atoms with Gasteiger partial charge in [0.1, 0.15) is 0 Å². The average Bonchev–Trinajstić information content (AvgIpc) is 2.34. The van der Waals surface area contributed by atoms with Gasteiger partial charge in [-0.2, -0.15) is 13.2 Å². The van der Waals surface area contributed by atoms with Gasteiger partial charge in [-0.05, 0) is 0 Å². The second kappa shape index (κ2) is 8.57. The first-order valence-electron chi connectivity index (χ1n) is 5.34. The molecule has 0 saturated heterocycles. The molecule has 0 aliphatic heterocycles. The van der Waals surface area contributed by atoms with E-state index in [0.717, 1.165) is 4.90 Å². The van der Waals surface area contributed by atoms with Gasteiger partial charge in [-0.3, -0.25) is 4.79 Å². The van der Waals surface area contributed by atoms with Crippen LogP contribution in [0.1, 0.15) is 6.42 Å². The lowest BCUT2D eigenvalue weighted by Crippen LogP contribution is -2.37. The SMILES string of the molecule is COCCN(CCC(=O)OC)C(=O)OCC(F)(F)F. The predicted octanol–water partition coefficient (Wildman–Crippen LogP) is 1.20. The highest BCUT2D eigenvalue weighted by atomic mass is 19.4. The van der Waals surface area contributed by atoms with Crippen LogP contribution in [-0.4, -0.2) is 63.7 Å². The molecule has 0 unspecified atom stereocenters. The topological polar surface area (TPSA) is 65.1 Å². The molecule has 0 aromatic rings. The zero-order chi connectivity index (χ0) is 14.9. The number of carbonyl (C=O) groups is 2. The highest BCUT2D eigenvalue weighted by Crippen LogP contribution is 2.15. The maximum atomic E-state index is 11.9. The fourth-order valence-electron chi connectivity index (χ4n) is 1.06. The molecule has 0 radical (unpaired) electrons. The molecule has 0 heterocycles. The minimum Gasteiger partial charge on any atom is -0.469 e. The summed E-state index contributed by atoms with van der Waals surface area (Å²) in [6.45, 7) is -1.65. The van der Waals surface area contributed by atoms with Gasteiger partial charge in [-0.1, -0.05) is 0 Å². The highest BCUT2D eigenvalue weighted by Gasteiger charge is 2.30. The van der Waals surface area contributed by atoms with Crippen LogP contribution >= 0.6 is 0 Å². The third-order valence-corrected chi connectivity index (χ3v) is 2.00. The Kier molecular flexibility index (Phi) is 7.89. The zero-order valence-corrected chi connectivity index (χ0v) is 10.7. The molecular weight excluding hydrogens is 271 g/mol. The van der Waals surface area contributed by atoms with Gasteiger partial charge in [0.2, 0.25) is 0 Å². The lowest BCUT2D eigenvalue weighted by atomic mass is 10.4. The number of hydrogen-bond acceptors (Lipinski definition) is 5. The number of hydrogen-bond donors (Lipinski definition) is 0. The van der Waals surface area contributed by atoms with Gasteiger partial charge >= 0.3 is 18.2 Å². The molecule has 112 valence electrons. The van der Waals surface area contributed by atoms with Crippen molar-refractivity contribution >= 4 is 12.1 Å². The smallest absolute Gasteiger partial charge is 0.422 e. The molecule has 0 bridgehead atoms. The Morgan fingerprint density at radius 3 is 2.26 bits per heavy atom. The fraction of sp³-hybridized carbons (Fsp3) is 0.800. The summed E-state index contributed by atoms with van der Waals surface area (Å²) in [5, 5.41) is 0. The molecule has 0 rings (SSSR count). The molecule has 0 aromatic carbocycles. The molecular formula is C10H16F3NO5. The summed E-state index contributed by atoms with van der Waals surface area (Å²) < 4.78 is 48.9. The number of rotatable bonds is 7. The molecule has 0 atom stereocenters. The number of methoxy groups -OCH3 is 2. The van der Waals surface area contributed by atoms with Gasteiger partial charge in [0, 0.05) is 20.2 Å². The number of nitrogens with zero attached hydrogens (tertiary/aromatic N) is 1. The van der Waals surface area contributed by atoms with E-state index in [1.807, 2.05) is 0 Å². The molecule has 0 aromatic heterocycles. The molecule has 9 heteroatoms. The van der Waals surface area contributed by atoms with Crippen LogP contribution in [0.5, 0.6) is 0 Å². The van der Waals surface area contributed by atoms with Crippen LogP contribution in [0.3, 0.4) is 0 Å². The van der Waals surface area contributed by atoms with Crippen molar-refractivity contribution < 1.29 is 37.0 Å². The lowest BCUT2D eigenvalue weighted by molar-refractivity contribution is -0.162. The Morgan fingerprint density at radius 2 is 1.79 bits per heavy atom. The van der Waals surface area contributed by atoms with Gasteiger partial charge in [-0.15, -0.1) is 0 Å². The second-order valence-electron chi connectivity index (χ2n) is 3.48. The standard InChI is InChI=1S/C10H16F3NO5/c1-17-6-5-14(4-3-8(15)18-2)9(16)19-7-10(11,12)13/h3-7H2,1-2H3. The Bertz CT molecular complexity index is 295. The Labute approximate surface area is 108 Å².